The molecule has 0 aliphatic heterocycles. The molecule has 0 bridgehead atoms. The predicted octanol–water partition coefficient (Wildman–Crippen LogP) is 3.56. The molecule has 114 valence electrons. The molecule has 1 aromatic rings. The molecule has 1 aliphatic carbocycles. The maximum Gasteiger partial charge on any atom is 0.0762 e. The first kappa shape index (κ1) is 15.5. The summed E-state index contributed by atoms with van der Waals surface area (Å²) in [4.78, 5) is 0. The number of aromatic nitrogens is 3. The molecule has 0 aromatic carbocycles. The van der Waals surface area contributed by atoms with Crippen LogP contribution in [0.15, 0.2) is 6.20 Å². The van der Waals surface area contributed by atoms with E-state index >= 15 is 0 Å². The van der Waals surface area contributed by atoms with Gasteiger partial charge in [-0.3, -0.25) is 0 Å². The SMILES string of the molecule is CCCn1nncc1C(NC)C1(CC(C)C)CCCC1. The van der Waals surface area contributed by atoms with Crippen molar-refractivity contribution in [1.82, 2.24) is 20.3 Å². The largest absolute Gasteiger partial charge is 0.311 e. The van der Waals surface area contributed by atoms with E-state index in [9.17, 15) is 0 Å². The quantitative estimate of drug-likeness (QED) is 0.829. The summed E-state index contributed by atoms with van der Waals surface area (Å²) < 4.78 is 2.10. The van der Waals surface area contributed by atoms with Gasteiger partial charge < -0.3 is 5.32 Å². The van der Waals surface area contributed by atoms with Crippen molar-refractivity contribution in [2.75, 3.05) is 7.05 Å². The van der Waals surface area contributed by atoms with Gasteiger partial charge in [0.1, 0.15) is 0 Å². The number of aryl methyl sites for hydroxylation is 1. The Kier molecular flexibility index (Phi) is 5.19. The summed E-state index contributed by atoms with van der Waals surface area (Å²) in [6.45, 7) is 7.84. The molecular formula is C16H30N4. The lowest BCUT2D eigenvalue weighted by atomic mass is 9.71. The zero-order valence-electron chi connectivity index (χ0n) is 13.5. The molecule has 0 spiro atoms. The summed E-state index contributed by atoms with van der Waals surface area (Å²) in [5.74, 6) is 0.736. The molecule has 1 saturated carbocycles. The van der Waals surface area contributed by atoms with Crippen molar-refractivity contribution in [1.29, 1.82) is 0 Å². The smallest absolute Gasteiger partial charge is 0.0762 e. The highest BCUT2D eigenvalue weighted by Gasteiger charge is 2.43. The third kappa shape index (κ3) is 3.05. The maximum absolute atomic E-state index is 4.28. The Bertz CT molecular complexity index is 404. The molecule has 20 heavy (non-hydrogen) atoms. The minimum atomic E-state index is 0.383. The Morgan fingerprint density at radius 2 is 2.05 bits per heavy atom. The van der Waals surface area contributed by atoms with Crippen molar-refractivity contribution in [2.24, 2.45) is 11.3 Å². The average molecular weight is 278 g/mol. The fourth-order valence-electron chi connectivity index (χ4n) is 4.15. The van der Waals surface area contributed by atoms with Gasteiger partial charge in [0, 0.05) is 6.54 Å². The summed E-state index contributed by atoms with van der Waals surface area (Å²) in [6.07, 6.45) is 9.74. The lowest BCUT2D eigenvalue weighted by Gasteiger charge is -2.39. The summed E-state index contributed by atoms with van der Waals surface area (Å²) in [5.41, 5.74) is 1.66. The minimum Gasteiger partial charge on any atom is -0.311 e. The summed E-state index contributed by atoms with van der Waals surface area (Å²) in [5, 5.41) is 12.0. The first-order valence-corrected chi connectivity index (χ1v) is 8.18. The van der Waals surface area contributed by atoms with Crippen LogP contribution in [0.2, 0.25) is 0 Å². The van der Waals surface area contributed by atoms with E-state index in [4.69, 9.17) is 0 Å². The molecule has 0 amide bonds. The molecule has 1 atom stereocenters. The second-order valence-corrected chi connectivity index (χ2v) is 6.77. The highest BCUT2D eigenvalue weighted by atomic mass is 15.4. The zero-order chi connectivity index (χ0) is 14.6. The predicted molar refractivity (Wildman–Crippen MR) is 82.5 cm³/mol. The normalized spacial score (nSPS) is 19.6. The lowest BCUT2D eigenvalue weighted by Crippen LogP contribution is -2.37. The Balaban J connectivity index is 2.30. The molecule has 0 radical (unpaired) electrons. The first-order valence-electron chi connectivity index (χ1n) is 8.18. The fraction of sp³-hybridized carbons (Fsp3) is 0.875. The van der Waals surface area contributed by atoms with Crippen LogP contribution in [0.3, 0.4) is 0 Å². The van der Waals surface area contributed by atoms with Crippen LogP contribution in [-0.4, -0.2) is 22.0 Å². The van der Waals surface area contributed by atoms with Crippen molar-refractivity contribution in [2.45, 2.75) is 71.9 Å². The second-order valence-electron chi connectivity index (χ2n) is 6.77. The standard InChI is InChI=1S/C16H30N4/c1-5-10-20-14(12-18-19-20)15(17-4)16(11-13(2)3)8-6-7-9-16/h12-13,15,17H,5-11H2,1-4H3. The average Bonchev–Trinajstić information content (AvgIpc) is 3.01. The van der Waals surface area contributed by atoms with E-state index in [0.717, 1.165) is 18.9 Å². The fourth-order valence-corrected chi connectivity index (χ4v) is 4.15. The third-order valence-electron chi connectivity index (χ3n) is 4.69. The van der Waals surface area contributed by atoms with E-state index in [2.05, 4.69) is 48.1 Å². The number of nitrogens with zero attached hydrogens (tertiary/aromatic N) is 3. The number of hydrogen-bond acceptors (Lipinski definition) is 3. The molecule has 1 aliphatic rings. The first-order chi connectivity index (χ1) is 9.63. The van der Waals surface area contributed by atoms with Crippen LogP contribution in [0.1, 0.15) is 71.0 Å². The van der Waals surface area contributed by atoms with Crippen molar-refractivity contribution in [3.05, 3.63) is 11.9 Å². The van der Waals surface area contributed by atoms with Crippen molar-refractivity contribution in [3.63, 3.8) is 0 Å². The van der Waals surface area contributed by atoms with Crippen molar-refractivity contribution in [3.8, 4) is 0 Å². The molecule has 4 heteroatoms. The summed E-state index contributed by atoms with van der Waals surface area (Å²) >= 11 is 0. The molecular weight excluding hydrogens is 248 g/mol. The van der Waals surface area contributed by atoms with E-state index in [0.29, 0.717) is 11.5 Å². The van der Waals surface area contributed by atoms with Crippen LogP contribution in [0, 0.1) is 11.3 Å². The number of nitrogens with one attached hydrogen (secondary N) is 1. The van der Waals surface area contributed by atoms with Crippen molar-refractivity contribution >= 4 is 0 Å². The van der Waals surface area contributed by atoms with Gasteiger partial charge in [-0.05, 0) is 44.1 Å². The molecule has 1 N–H and O–H groups in total. The van der Waals surface area contributed by atoms with Gasteiger partial charge in [-0.15, -0.1) is 5.10 Å². The monoisotopic (exact) mass is 278 g/mol. The maximum atomic E-state index is 4.28. The zero-order valence-corrected chi connectivity index (χ0v) is 13.5. The van der Waals surface area contributed by atoms with E-state index < -0.39 is 0 Å². The van der Waals surface area contributed by atoms with Gasteiger partial charge in [0.2, 0.25) is 0 Å². The molecule has 1 aromatic heterocycles. The summed E-state index contributed by atoms with van der Waals surface area (Å²) in [7, 11) is 2.09. The third-order valence-corrected chi connectivity index (χ3v) is 4.69. The molecule has 1 fully saturated rings. The number of hydrogen-bond donors (Lipinski definition) is 1. The van der Waals surface area contributed by atoms with Crippen LogP contribution >= 0.6 is 0 Å². The van der Waals surface area contributed by atoms with Crippen LogP contribution in [0.4, 0.5) is 0 Å². The summed E-state index contributed by atoms with van der Waals surface area (Å²) in [6, 6.07) is 0.383. The van der Waals surface area contributed by atoms with Crippen molar-refractivity contribution < 1.29 is 0 Å². The van der Waals surface area contributed by atoms with E-state index in [-0.39, 0.29) is 0 Å². The van der Waals surface area contributed by atoms with Gasteiger partial charge in [-0.25, -0.2) is 4.68 Å². The Morgan fingerprint density at radius 1 is 1.35 bits per heavy atom. The topological polar surface area (TPSA) is 42.7 Å². The van der Waals surface area contributed by atoms with E-state index in [1.807, 2.05) is 6.20 Å². The Morgan fingerprint density at radius 3 is 2.60 bits per heavy atom. The molecule has 2 rings (SSSR count). The van der Waals surface area contributed by atoms with E-state index in [1.165, 1.54) is 37.8 Å². The highest BCUT2D eigenvalue weighted by Crippen LogP contribution is 2.51. The van der Waals surface area contributed by atoms with Gasteiger partial charge in [0.25, 0.3) is 0 Å². The molecule has 1 unspecified atom stereocenters. The highest BCUT2D eigenvalue weighted by molar-refractivity contribution is 5.10. The van der Waals surface area contributed by atoms with Crippen LogP contribution < -0.4 is 5.32 Å². The minimum absolute atomic E-state index is 0.383. The van der Waals surface area contributed by atoms with Gasteiger partial charge in [0.15, 0.2) is 0 Å². The molecule has 4 nitrogen and oxygen atoms in total. The van der Waals surface area contributed by atoms with Crippen LogP contribution in [0.5, 0.6) is 0 Å². The number of rotatable bonds is 7. The lowest BCUT2D eigenvalue weighted by molar-refractivity contribution is 0.154. The second kappa shape index (κ2) is 6.70. The Labute approximate surface area is 123 Å². The molecule has 1 heterocycles. The Hall–Kier alpha value is -0.900. The van der Waals surface area contributed by atoms with Gasteiger partial charge >= 0.3 is 0 Å². The van der Waals surface area contributed by atoms with Crippen LogP contribution in [0.25, 0.3) is 0 Å². The van der Waals surface area contributed by atoms with E-state index in [1.54, 1.807) is 0 Å². The van der Waals surface area contributed by atoms with Gasteiger partial charge in [-0.2, -0.15) is 0 Å². The van der Waals surface area contributed by atoms with Gasteiger partial charge in [0.05, 0.1) is 17.9 Å². The van der Waals surface area contributed by atoms with Crippen LogP contribution in [-0.2, 0) is 6.54 Å². The van der Waals surface area contributed by atoms with Gasteiger partial charge in [-0.1, -0.05) is 38.8 Å². The molecule has 0 saturated heterocycles.